The van der Waals surface area contributed by atoms with E-state index in [9.17, 15) is 4.79 Å². The number of hydrogen-bond acceptors (Lipinski definition) is 5. The van der Waals surface area contributed by atoms with Gasteiger partial charge in [0.25, 0.3) is 0 Å². The molecular formula is C18H21N3O2S. The topological polar surface area (TPSA) is 54.5 Å². The Hall–Kier alpha value is -1.92. The molecule has 0 bridgehead atoms. The molecule has 3 heterocycles. The highest BCUT2D eigenvalue weighted by Crippen LogP contribution is 2.29. The van der Waals surface area contributed by atoms with Gasteiger partial charge in [-0.2, -0.15) is 0 Å². The van der Waals surface area contributed by atoms with Crippen molar-refractivity contribution in [2.75, 3.05) is 29.9 Å². The number of hydrogen-bond donors (Lipinski definition) is 1. The predicted octanol–water partition coefficient (Wildman–Crippen LogP) is 3.53. The van der Waals surface area contributed by atoms with E-state index in [1.807, 2.05) is 23.1 Å². The van der Waals surface area contributed by atoms with Crippen molar-refractivity contribution in [1.82, 2.24) is 4.98 Å². The van der Waals surface area contributed by atoms with Crippen LogP contribution in [-0.2, 0) is 9.53 Å². The Morgan fingerprint density at radius 1 is 1.38 bits per heavy atom. The minimum Gasteiger partial charge on any atom is -0.376 e. The SMILES string of the molecule is O=C1CCCN1c1cccc(-c2csc(NCC3CCCO3)n2)c1. The molecule has 1 N–H and O–H groups in total. The Morgan fingerprint density at radius 2 is 2.33 bits per heavy atom. The van der Waals surface area contributed by atoms with Crippen molar-refractivity contribution < 1.29 is 9.53 Å². The summed E-state index contributed by atoms with van der Waals surface area (Å²) in [6, 6.07) is 8.09. The molecule has 0 aliphatic carbocycles. The molecule has 1 atom stereocenters. The quantitative estimate of drug-likeness (QED) is 0.902. The molecule has 126 valence electrons. The van der Waals surface area contributed by atoms with Crippen LogP contribution in [0.2, 0.25) is 0 Å². The maximum atomic E-state index is 11.9. The van der Waals surface area contributed by atoms with Gasteiger partial charge in [0.1, 0.15) is 0 Å². The standard InChI is InChI=1S/C18H21N3O2S/c22-17-7-2-8-21(17)14-5-1-4-13(10-14)16-12-24-18(20-16)19-11-15-6-3-9-23-15/h1,4-5,10,12,15H,2-3,6-9,11H2,(H,19,20). The van der Waals surface area contributed by atoms with Crippen molar-refractivity contribution >= 4 is 28.1 Å². The van der Waals surface area contributed by atoms with Crippen LogP contribution in [0.25, 0.3) is 11.3 Å². The molecule has 6 heteroatoms. The first-order valence-electron chi connectivity index (χ1n) is 8.51. The molecule has 24 heavy (non-hydrogen) atoms. The second-order valence-electron chi connectivity index (χ2n) is 6.25. The molecule has 1 unspecified atom stereocenters. The number of aromatic nitrogens is 1. The van der Waals surface area contributed by atoms with Gasteiger partial charge >= 0.3 is 0 Å². The third-order valence-corrected chi connectivity index (χ3v) is 5.34. The summed E-state index contributed by atoms with van der Waals surface area (Å²) < 4.78 is 5.63. The van der Waals surface area contributed by atoms with E-state index in [4.69, 9.17) is 4.74 Å². The number of benzene rings is 1. The maximum Gasteiger partial charge on any atom is 0.227 e. The van der Waals surface area contributed by atoms with Gasteiger partial charge in [0, 0.05) is 42.7 Å². The lowest BCUT2D eigenvalue weighted by Gasteiger charge is -2.16. The average Bonchev–Trinajstić information content (AvgIpc) is 3.35. The molecule has 2 aliphatic rings. The van der Waals surface area contributed by atoms with E-state index in [0.29, 0.717) is 12.5 Å². The fourth-order valence-electron chi connectivity index (χ4n) is 3.25. The van der Waals surface area contributed by atoms with E-state index in [0.717, 1.165) is 61.0 Å². The van der Waals surface area contributed by atoms with Gasteiger partial charge in [0.05, 0.1) is 11.8 Å². The zero-order chi connectivity index (χ0) is 16.4. The van der Waals surface area contributed by atoms with Crippen LogP contribution < -0.4 is 10.2 Å². The Bertz CT molecular complexity index is 725. The summed E-state index contributed by atoms with van der Waals surface area (Å²) in [7, 11) is 0. The summed E-state index contributed by atoms with van der Waals surface area (Å²) in [6.07, 6.45) is 4.17. The Labute approximate surface area is 145 Å². The van der Waals surface area contributed by atoms with Gasteiger partial charge in [-0.05, 0) is 31.4 Å². The van der Waals surface area contributed by atoms with Gasteiger partial charge < -0.3 is 15.0 Å². The Balaban J connectivity index is 1.46. The summed E-state index contributed by atoms with van der Waals surface area (Å²) in [5, 5.41) is 6.35. The molecular weight excluding hydrogens is 322 g/mol. The molecule has 0 spiro atoms. The Morgan fingerprint density at radius 3 is 3.12 bits per heavy atom. The summed E-state index contributed by atoms with van der Waals surface area (Å²) >= 11 is 1.61. The minimum absolute atomic E-state index is 0.212. The van der Waals surface area contributed by atoms with Gasteiger partial charge in [-0.3, -0.25) is 4.79 Å². The number of carbonyl (C=O) groups is 1. The number of anilines is 2. The van der Waals surface area contributed by atoms with Gasteiger partial charge in [0.15, 0.2) is 5.13 Å². The van der Waals surface area contributed by atoms with Gasteiger partial charge in [-0.1, -0.05) is 12.1 Å². The number of nitrogens with one attached hydrogen (secondary N) is 1. The third kappa shape index (κ3) is 3.30. The first-order valence-corrected chi connectivity index (χ1v) is 9.39. The number of nitrogens with zero attached hydrogens (tertiary/aromatic N) is 2. The highest BCUT2D eigenvalue weighted by Gasteiger charge is 2.22. The van der Waals surface area contributed by atoms with Crippen molar-refractivity contribution in [3.63, 3.8) is 0 Å². The lowest BCUT2D eigenvalue weighted by atomic mass is 10.1. The normalized spacial score (nSPS) is 20.8. The van der Waals surface area contributed by atoms with Gasteiger partial charge in [0.2, 0.25) is 5.91 Å². The van der Waals surface area contributed by atoms with Crippen molar-refractivity contribution in [3.8, 4) is 11.3 Å². The van der Waals surface area contributed by atoms with Crippen LogP contribution in [0.5, 0.6) is 0 Å². The highest BCUT2D eigenvalue weighted by molar-refractivity contribution is 7.14. The lowest BCUT2D eigenvalue weighted by Crippen LogP contribution is -2.23. The van der Waals surface area contributed by atoms with Crippen LogP contribution in [0.4, 0.5) is 10.8 Å². The number of rotatable bonds is 5. The van der Waals surface area contributed by atoms with Crippen LogP contribution in [0, 0.1) is 0 Å². The van der Waals surface area contributed by atoms with E-state index in [1.165, 1.54) is 0 Å². The lowest BCUT2D eigenvalue weighted by molar-refractivity contribution is -0.117. The molecule has 2 aliphatic heterocycles. The summed E-state index contributed by atoms with van der Waals surface area (Å²) in [5.74, 6) is 0.212. The second-order valence-corrected chi connectivity index (χ2v) is 7.11. The number of carbonyl (C=O) groups excluding carboxylic acids is 1. The van der Waals surface area contributed by atoms with Crippen molar-refractivity contribution in [1.29, 1.82) is 0 Å². The molecule has 0 saturated carbocycles. The summed E-state index contributed by atoms with van der Waals surface area (Å²) in [6.45, 7) is 2.50. The summed E-state index contributed by atoms with van der Waals surface area (Å²) in [5.41, 5.74) is 2.97. The fraction of sp³-hybridized carbons (Fsp3) is 0.444. The number of amides is 1. The summed E-state index contributed by atoms with van der Waals surface area (Å²) in [4.78, 5) is 18.5. The molecule has 5 nitrogen and oxygen atoms in total. The zero-order valence-electron chi connectivity index (χ0n) is 13.5. The minimum atomic E-state index is 0.212. The molecule has 1 aromatic carbocycles. The highest BCUT2D eigenvalue weighted by atomic mass is 32.1. The van der Waals surface area contributed by atoms with Crippen LogP contribution in [0.1, 0.15) is 25.7 Å². The molecule has 2 fully saturated rings. The molecule has 0 radical (unpaired) electrons. The largest absolute Gasteiger partial charge is 0.376 e. The molecule has 4 rings (SSSR count). The first kappa shape index (κ1) is 15.6. The molecule has 1 aromatic heterocycles. The smallest absolute Gasteiger partial charge is 0.227 e. The average molecular weight is 343 g/mol. The Kier molecular flexibility index (Phi) is 4.49. The van der Waals surface area contributed by atoms with Crippen LogP contribution in [-0.4, -0.2) is 36.7 Å². The predicted molar refractivity (Wildman–Crippen MR) is 96.6 cm³/mol. The second kappa shape index (κ2) is 6.91. The van der Waals surface area contributed by atoms with E-state index in [2.05, 4.69) is 21.7 Å². The molecule has 1 amide bonds. The van der Waals surface area contributed by atoms with E-state index >= 15 is 0 Å². The monoisotopic (exact) mass is 343 g/mol. The molecule has 2 saturated heterocycles. The van der Waals surface area contributed by atoms with Gasteiger partial charge in [-0.15, -0.1) is 11.3 Å². The van der Waals surface area contributed by atoms with Crippen molar-refractivity contribution in [2.24, 2.45) is 0 Å². The zero-order valence-corrected chi connectivity index (χ0v) is 14.3. The van der Waals surface area contributed by atoms with Crippen LogP contribution in [0.3, 0.4) is 0 Å². The van der Waals surface area contributed by atoms with E-state index in [1.54, 1.807) is 11.3 Å². The third-order valence-electron chi connectivity index (χ3n) is 4.54. The van der Waals surface area contributed by atoms with Crippen LogP contribution in [0.15, 0.2) is 29.6 Å². The number of thiazole rings is 1. The van der Waals surface area contributed by atoms with Crippen LogP contribution >= 0.6 is 11.3 Å². The van der Waals surface area contributed by atoms with E-state index in [-0.39, 0.29) is 5.91 Å². The van der Waals surface area contributed by atoms with Crippen molar-refractivity contribution in [3.05, 3.63) is 29.6 Å². The van der Waals surface area contributed by atoms with E-state index < -0.39 is 0 Å². The first-order chi connectivity index (χ1) is 11.8. The van der Waals surface area contributed by atoms with Crippen molar-refractivity contribution in [2.45, 2.75) is 31.8 Å². The fourth-order valence-corrected chi connectivity index (χ4v) is 3.98. The maximum absolute atomic E-state index is 11.9. The molecule has 2 aromatic rings. The van der Waals surface area contributed by atoms with Gasteiger partial charge in [-0.25, -0.2) is 4.98 Å². The number of ether oxygens (including phenoxy) is 1.